The second kappa shape index (κ2) is 10.6. The largest absolute Gasteiger partial charge is 0.468 e. The fraction of sp³-hybridized carbons (Fsp3) is 0.450. The zero-order valence-corrected chi connectivity index (χ0v) is 19.5. The molecule has 186 valence electrons. The van der Waals surface area contributed by atoms with E-state index in [1.807, 2.05) is 4.98 Å². The number of esters is 1. The number of aliphatic hydroxyl groups is 2. The predicted octanol–water partition coefficient (Wildman–Crippen LogP) is -0.101. The molecule has 1 aliphatic rings. The number of nitrogens with zero attached hydrogens (tertiary/aromatic N) is 1. The van der Waals surface area contributed by atoms with Gasteiger partial charge in [-0.2, -0.15) is 5.09 Å². The van der Waals surface area contributed by atoms with Gasteiger partial charge in [-0.25, -0.2) is 9.36 Å². The number of benzene rings is 1. The van der Waals surface area contributed by atoms with E-state index in [9.17, 15) is 29.2 Å². The Morgan fingerprint density at radius 1 is 1.18 bits per heavy atom. The smallest absolute Gasteiger partial charge is 0.459 e. The van der Waals surface area contributed by atoms with Crippen molar-refractivity contribution in [2.45, 2.75) is 50.5 Å². The highest BCUT2D eigenvalue weighted by Gasteiger charge is 2.49. The first-order chi connectivity index (χ1) is 16.0. The SMILES string of the molecule is COC(=O)C(C)NP(=O)(Oc1ccccc1)OC(C)[C@H]1O[C@@H](n2ccc(=O)[nH]c2=O)[C@H](O)[C@@H]1O. The van der Waals surface area contributed by atoms with Gasteiger partial charge >= 0.3 is 19.4 Å². The molecule has 34 heavy (non-hydrogen) atoms. The number of aromatic amines is 1. The van der Waals surface area contributed by atoms with Gasteiger partial charge in [0.25, 0.3) is 5.56 Å². The molecule has 0 radical (unpaired) electrons. The molecule has 3 unspecified atom stereocenters. The highest BCUT2D eigenvalue weighted by Crippen LogP contribution is 2.47. The van der Waals surface area contributed by atoms with Crippen LogP contribution in [0.3, 0.4) is 0 Å². The molecule has 13 nitrogen and oxygen atoms in total. The maximum Gasteiger partial charge on any atom is 0.459 e. The topological polar surface area (TPSA) is 178 Å². The van der Waals surface area contributed by atoms with E-state index in [0.717, 1.165) is 23.9 Å². The van der Waals surface area contributed by atoms with Crippen molar-refractivity contribution in [1.82, 2.24) is 14.6 Å². The molecule has 1 fully saturated rings. The van der Waals surface area contributed by atoms with Gasteiger partial charge in [0, 0.05) is 12.3 Å². The van der Waals surface area contributed by atoms with Gasteiger partial charge in [0.05, 0.1) is 13.2 Å². The van der Waals surface area contributed by atoms with E-state index >= 15 is 0 Å². The Balaban J connectivity index is 1.82. The van der Waals surface area contributed by atoms with Crippen LogP contribution >= 0.6 is 7.75 Å². The minimum absolute atomic E-state index is 0.174. The van der Waals surface area contributed by atoms with Crippen LogP contribution in [0, 0.1) is 0 Å². The number of aliphatic hydroxyl groups excluding tert-OH is 2. The van der Waals surface area contributed by atoms with E-state index in [1.165, 1.54) is 26.0 Å². The summed E-state index contributed by atoms with van der Waals surface area (Å²) < 4.78 is 35.9. The number of nitrogens with one attached hydrogen (secondary N) is 2. The van der Waals surface area contributed by atoms with Gasteiger partial charge in [-0.3, -0.25) is 23.7 Å². The van der Waals surface area contributed by atoms with Crippen molar-refractivity contribution in [3.8, 4) is 5.75 Å². The molecule has 2 aromatic rings. The van der Waals surface area contributed by atoms with Crippen LogP contribution in [-0.2, 0) is 23.4 Å². The Kier molecular flexibility index (Phi) is 8.08. The molecule has 1 aromatic heterocycles. The number of ether oxygens (including phenoxy) is 2. The van der Waals surface area contributed by atoms with Gasteiger partial charge < -0.3 is 24.2 Å². The summed E-state index contributed by atoms with van der Waals surface area (Å²) in [7, 11) is -3.10. The van der Waals surface area contributed by atoms with E-state index in [-0.39, 0.29) is 5.75 Å². The maximum atomic E-state index is 13.6. The van der Waals surface area contributed by atoms with Crippen molar-refractivity contribution >= 4 is 13.7 Å². The quantitative estimate of drug-likeness (QED) is 0.267. The first kappa shape index (κ1) is 25.8. The Morgan fingerprint density at radius 2 is 1.85 bits per heavy atom. The summed E-state index contributed by atoms with van der Waals surface area (Å²) in [5, 5.41) is 23.5. The molecule has 7 atom stereocenters. The number of hydrogen-bond acceptors (Lipinski definition) is 10. The number of rotatable bonds is 9. The zero-order chi connectivity index (χ0) is 25.0. The normalized spacial score (nSPS) is 25.8. The molecular weight excluding hydrogens is 473 g/mol. The van der Waals surface area contributed by atoms with Crippen molar-refractivity contribution in [3.63, 3.8) is 0 Å². The highest BCUT2D eigenvalue weighted by atomic mass is 31.2. The average Bonchev–Trinajstić information content (AvgIpc) is 3.08. The third-order valence-electron chi connectivity index (χ3n) is 5.04. The average molecular weight is 499 g/mol. The molecule has 0 saturated carbocycles. The zero-order valence-electron chi connectivity index (χ0n) is 18.6. The molecule has 1 saturated heterocycles. The maximum absolute atomic E-state index is 13.6. The Morgan fingerprint density at radius 3 is 2.47 bits per heavy atom. The Labute approximate surface area is 193 Å². The van der Waals surface area contributed by atoms with Crippen molar-refractivity contribution in [2.75, 3.05) is 7.11 Å². The lowest BCUT2D eigenvalue weighted by molar-refractivity contribution is -0.142. The lowest BCUT2D eigenvalue weighted by Crippen LogP contribution is -2.41. The van der Waals surface area contributed by atoms with Crippen molar-refractivity contribution in [2.24, 2.45) is 0 Å². The Bertz CT molecular complexity index is 1150. The molecule has 14 heteroatoms. The van der Waals surface area contributed by atoms with E-state index in [2.05, 4.69) is 9.82 Å². The van der Waals surface area contributed by atoms with Gasteiger partial charge in [0.2, 0.25) is 0 Å². The van der Waals surface area contributed by atoms with Crippen molar-refractivity contribution < 1.29 is 38.1 Å². The predicted molar refractivity (Wildman–Crippen MR) is 117 cm³/mol. The molecule has 1 aliphatic heterocycles. The van der Waals surface area contributed by atoms with Crippen LogP contribution in [0.5, 0.6) is 5.75 Å². The van der Waals surface area contributed by atoms with Crippen molar-refractivity contribution in [1.29, 1.82) is 0 Å². The van der Waals surface area contributed by atoms with E-state index < -0.39 is 61.7 Å². The summed E-state index contributed by atoms with van der Waals surface area (Å²) in [5.41, 5.74) is -1.50. The molecule has 0 bridgehead atoms. The molecule has 0 spiro atoms. The number of methoxy groups -OCH3 is 1. The highest BCUT2D eigenvalue weighted by molar-refractivity contribution is 7.52. The van der Waals surface area contributed by atoms with Crippen LogP contribution in [0.1, 0.15) is 20.1 Å². The molecule has 0 aliphatic carbocycles. The lowest BCUT2D eigenvalue weighted by Gasteiger charge is -2.28. The number of carbonyl (C=O) groups is 1. The molecule has 3 rings (SSSR count). The van der Waals surface area contributed by atoms with Crippen LogP contribution in [0.15, 0.2) is 52.2 Å². The second-order valence-corrected chi connectivity index (χ2v) is 9.22. The molecule has 2 heterocycles. The minimum Gasteiger partial charge on any atom is -0.468 e. The van der Waals surface area contributed by atoms with Gasteiger partial charge in [-0.05, 0) is 26.0 Å². The van der Waals surface area contributed by atoms with E-state index in [0.29, 0.717) is 0 Å². The fourth-order valence-corrected chi connectivity index (χ4v) is 5.07. The summed E-state index contributed by atoms with van der Waals surface area (Å²) >= 11 is 0. The molecule has 4 N–H and O–H groups in total. The number of para-hydroxylation sites is 1. The lowest BCUT2D eigenvalue weighted by atomic mass is 10.1. The number of hydrogen-bond donors (Lipinski definition) is 4. The van der Waals surface area contributed by atoms with Gasteiger partial charge in [0.1, 0.15) is 30.1 Å². The first-order valence-electron chi connectivity index (χ1n) is 10.3. The van der Waals surface area contributed by atoms with Gasteiger partial charge in [0.15, 0.2) is 6.23 Å². The van der Waals surface area contributed by atoms with Crippen LogP contribution in [0.25, 0.3) is 0 Å². The number of carbonyl (C=O) groups excluding carboxylic acids is 1. The summed E-state index contributed by atoms with van der Waals surface area (Å²) in [5.74, 6) is -0.550. The van der Waals surface area contributed by atoms with Crippen LogP contribution in [0.4, 0.5) is 0 Å². The molecular formula is C20H26N3O10P. The summed E-state index contributed by atoms with van der Waals surface area (Å²) in [4.78, 5) is 37.3. The van der Waals surface area contributed by atoms with E-state index in [4.69, 9.17) is 13.8 Å². The van der Waals surface area contributed by atoms with Crippen LogP contribution in [-0.4, -0.2) is 63.3 Å². The van der Waals surface area contributed by atoms with Crippen LogP contribution in [0.2, 0.25) is 0 Å². The number of H-pyrrole nitrogens is 1. The van der Waals surface area contributed by atoms with Gasteiger partial charge in [-0.15, -0.1) is 0 Å². The number of aromatic nitrogens is 2. The van der Waals surface area contributed by atoms with Crippen LogP contribution < -0.4 is 20.9 Å². The fourth-order valence-electron chi connectivity index (χ4n) is 3.38. The molecule has 0 amide bonds. The summed E-state index contributed by atoms with van der Waals surface area (Å²) in [6.45, 7) is 2.80. The summed E-state index contributed by atoms with van der Waals surface area (Å²) in [6.07, 6.45) is -5.80. The third-order valence-corrected chi connectivity index (χ3v) is 6.81. The monoisotopic (exact) mass is 499 g/mol. The van der Waals surface area contributed by atoms with Crippen molar-refractivity contribution in [3.05, 3.63) is 63.4 Å². The van der Waals surface area contributed by atoms with Gasteiger partial charge in [-0.1, -0.05) is 18.2 Å². The first-order valence-corrected chi connectivity index (χ1v) is 11.8. The third kappa shape index (κ3) is 5.81. The minimum atomic E-state index is -4.27. The molecule has 1 aromatic carbocycles. The summed E-state index contributed by atoms with van der Waals surface area (Å²) in [6, 6.07) is 8.01. The standard InChI is InChI=1S/C20H26N3O10P/c1-11(19(27)30-3)22-34(29,33-13-7-5-4-6-8-13)32-12(2)17-15(25)16(26)18(31-17)23-10-9-14(24)21-20(23)28/h4-12,15-18,25-26H,1-3H3,(H,22,29)(H,21,24,28)/t11?,12?,15-,16+,17+,18+,34?/m0/s1. The van der Waals surface area contributed by atoms with E-state index in [1.54, 1.807) is 18.2 Å². The second-order valence-electron chi connectivity index (χ2n) is 7.58. The Hall–Kier alpha value is -2.80.